The van der Waals surface area contributed by atoms with Crippen LogP contribution in [-0.2, 0) is 12.3 Å². The number of rotatable bonds is 7. The molecule has 2 rings (SSSR count). The second-order valence-electron chi connectivity index (χ2n) is 4.38. The maximum atomic E-state index is 5.20. The Bertz CT molecular complexity index is 496. The van der Waals surface area contributed by atoms with Gasteiger partial charge in [0.05, 0.1) is 12.3 Å². The average Bonchev–Trinajstić information content (AvgIpc) is 2.86. The first kappa shape index (κ1) is 13.9. The highest BCUT2D eigenvalue weighted by Gasteiger charge is 2.05. The molecule has 102 valence electrons. The fourth-order valence-corrected chi connectivity index (χ4v) is 2.31. The molecule has 0 amide bonds. The molecule has 1 N–H and O–H groups in total. The Morgan fingerprint density at radius 1 is 1.26 bits per heavy atom. The van der Waals surface area contributed by atoms with E-state index in [0.717, 1.165) is 23.0 Å². The smallest absolute Gasteiger partial charge is 0.245 e. The number of aromatic nitrogens is 2. The van der Waals surface area contributed by atoms with E-state index in [1.54, 1.807) is 0 Å². The molecule has 2 aromatic rings. The van der Waals surface area contributed by atoms with E-state index in [0.29, 0.717) is 12.4 Å². The van der Waals surface area contributed by atoms with Crippen molar-refractivity contribution in [2.45, 2.75) is 32.6 Å². The molecule has 0 bridgehead atoms. The lowest BCUT2D eigenvalue weighted by atomic mass is 10.2. The molecule has 0 fully saturated rings. The summed E-state index contributed by atoms with van der Waals surface area (Å²) in [5.74, 6) is 3.36. The second-order valence-corrected chi connectivity index (χ2v) is 5.48. The summed E-state index contributed by atoms with van der Waals surface area (Å²) in [5.41, 5.74) is 2.31. The molecule has 0 spiro atoms. The first-order valence-electron chi connectivity index (χ1n) is 6.47. The fraction of sp³-hybridized carbons (Fsp3) is 0.429. The molecule has 0 aliphatic carbocycles. The Kier molecular flexibility index (Phi) is 5.27. The quantitative estimate of drug-likeness (QED) is 0.783. The summed E-state index contributed by atoms with van der Waals surface area (Å²) in [5, 5.41) is 7.23. The van der Waals surface area contributed by atoms with E-state index in [2.05, 4.69) is 41.4 Å². The molecule has 0 saturated heterocycles. The van der Waals surface area contributed by atoms with Crippen LogP contribution in [0.4, 0.5) is 5.69 Å². The summed E-state index contributed by atoms with van der Waals surface area (Å²) in [7, 11) is 0. The molecule has 4 nitrogen and oxygen atoms in total. The molecular formula is C14H19N3OS. The molecule has 5 heteroatoms. The van der Waals surface area contributed by atoms with Crippen molar-refractivity contribution in [3.63, 3.8) is 0 Å². The van der Waals surface area contributed by atoms with Crippen molar-refractivity contribution in [1.29, 1.82) is 0 Å². The number of nitrogens with one attached hydrogen (secondary N) is 1. The molecule has 0 saturated carbocycles. The minimum absolute atomic E-state index is 0.564. The third-order valence-electron chi connectivity index (χ3n) is 2.59. The van der Waals surface area contributed by atoms with Crippen molar-refractivity contribution >= 4 is 17.4 Å². The zero-order valence-corrected chi connectivity index (χ0v) is 12.2. The topological polar surface area (TPSA) is 51.0 Å². The van der Waals surface area contributed by atoms with Crippen LogP contribution in [-0.4, -0.2) is 15.9 Å². The van der Waals surface area contributed by atoms with E-state index >= 15 is 0 Å². The van der Waals surface area contributed by atoms with Crippen molar-refractivity contribution in [1.82, 2.24) is 10.1 Å². The van der Waals surface area contributed by atoms with Crippen LogP contribution < -0.4 is 5.32 Å². The van der Waals surface area contributed by atoms with Crippen molar-refractivity contribution in [2.24, 2.45) is 0 Å². The maximum absolute atomic E-state index is 5.20. The number of thioether (sulfide) groups is 1. The number of benzene rings is 1. The lowest BCUT2D eigenvalue weighted by Gasteiger charge is -2.02. The van der Waals surface area contributed by atoms with Crippen LogP contribution in [0.5, 0.6) is 0 Å². The van der Waals surface area contributed by atoms with E-state index in [-0.39, 0.29) is 0 Å². The van der Waals surface area contributed by atoms with Gasteiger partial charge in [0.15, 0.2) is 5.82 Å². The van der Waals surface area contributed by atoms with E-state index < -0.39 is 0 Å². The summed E-state index contributed by atoms with van der Waals surface area (Å²) in [6.07, 6.45) is 1.17. The van der Waals surface area contributed by atoms with Gasteiger partial charge in [0.1, 0.15) is 0 Å². The molecule has 0 aliphatic rings. The number of aryl methyl sites for hydroxylation is 1. The van der Waals surface area contributed by atoms with Gasteiger partial charge in [0.25, 0.3) is 0 Å². The summed E-state index contributed by atoms with van der Waals surface area (Å²) in [4.78, 5) is 4.35. The summed E-state index contributed by atoms with van der Waals surface area (Å²) in [6.45, 7) is 4.80. The van der Waals surface area contributed by atoms with Gasteiger partial charge in [-0.15, -0.1) is 0 Å². The van der Waals surface area contributed by atoms with Crippen LogP contribution in [0, 0.1) is 6.92 Å². The van der Waals surface area contributed by atoms with Gasteiger partial charge >= 0.3 is 0 Å². The minimum atomic E-state index is 0.564. The monoisotopic (exact) mass is 277 g/mol. The Morgan fingerprint density at radius 2 is 2.05 bits per heavy atom. The van der Waals surface area contributed by atoms with Gasteiger partial charge in [0, 0.05) is 5.69 Å². The lowest BCUT2D eigenvalue weighted by molar-refractivity contribution is 0.379. The minimum Gasteiger partial charge on any atom is -0.376 e. The van der Waals surface area contributed by atoms with E-state index in [9.17, 15) is 0 Å². The largest absolute Gasteiger partial charge is 0.376 e. The Balaban J connectivity index is 1.81. The Morgan fingerprint density at radius 3 is 2.79 bits per heavy atom. The third-order valence-corrected chi connectivity index (χ3v) is 3.74. The fourth-order valence-electron chi connectivity index (χ4n) is 1.58. The highest BCUT2D eigenvalue weighted by molar-refractivity contribution is 7.98. The zero-order valence-electron chi connectivity index (χ0n) is 11.3. The molecule has 1 aromatic heterocycles. The van der Waals surface area contributed by atoms with Crippen LogP contribution in [0.2, 0.25) is 0 Å². The van der Waals surface area contributed by atoms with Gasteiger partial charge in [-0.25, -0.2) is 0 Å². The summed E-state index contributed by atoms with van der Waals surface area (Å²) >= 11 is 1.83. The Hall–Kier alpha value is -1.49. The molecule has 19 heavy (non-hydrogen) atoms. The van der Waals surface area contributed by atoms with Gasteiger partial charge in [-0.3, -0.25) is 0 Å². The van der Waals surface area contributed by atoms with Crippen LogP contribution in [0.15, 0.2) is 28.8 Å². The molecule has 0 unspecified atom stereocenters. The van der Waals surface area contributed by atoms with Crippen LogP contribution in [0.3, 0.4) is 0 Å². The van der Waals surface area contributed by atoms with Crippen molar-refractivity contribution < 1.29 is 4.52 Å². The molecule has 0 aliphatic heterocycles. The SMILES string of the molecule is CCCSCc1noc(CNc2ccc(C)cc2)n1. The van der Waals surface area contributed by atoms with E-state index in [1.807, 2.05) is 23.9 Å². The predicted molar refractivity (Wildman–Crippen MR) is 79.3 cm³/mol. The average molecular weight is 277 g/mol. The normalized spacial score (nSPS) is 10.6. The predicted octanol–water partition coefficient (Wildman–Crippen LogP) is 3.63. The van der Waals surface area contributed by atoms with Gasteiger partial charge in [0.2, 0.25) is 5.89 Å². The first-order chi connectivity index (χ1) is 9.28. The van der Waals surface area contributed by atoms with Gasteiger partial charge < -0.3 is 9.84 Å². The molecule has 0 radical (unpaired) electrons. The first-order valence-corrected chi connectivity index (χ1v) is 7.63. The molecular weight excluding hydrogens is 258 g/mol. The number of hydrogen-bond donors (Lipinski definition) is 1. The lowest BCUT2D eigenvalue weighted by Crippen LogP contribution is -1.99. The Labute approximate surface area is 118 Å². The molecule has 1 heterocycles. The van der Waals surface area contributed by atoms with Crippen LogP contribution in [0.25, 0.3) is 0 Å². The van der Waals surface area contributed by atoms with Crippen molar-refractivity contribution in [3.8, 4) is 0 Å². The second kappa shape index (κ2) is 7.19. The van der Waals surface area contributed by atoms with Gasteiger partial charge in [-0.05, 0) is 31.2 Å². The van der Waals surface area contributed by atoms with Crippen LogP contribution >= 0.6 is 11.8 Å². The standard InChI is InChI=1S/C14H19N3OS/c1-3-8-19-10-13-16-14(18-17-13)9-15-12-6-4-11(2)5-7-12/h4-7,15H,3,8-10H2,1-2H3. The highest BCUT2D eigenvalue weighted by atomic mass is 32.2. The van der Waals surface area contributed by atoms with Gasteiger partial charge in [-0.1, -0.05) is 29.8 Å². The summed E-state index contributed by atoms with van der Waals surface area (Å²) < 4.78 is 5.20. The number of hydrogen-bond acceptors (Lipinski definition) is 5. The van der Waals surface area contributed by atoms with E-state index in [1.165, 1.54) is 12.0 Å². The third kappa shape index (κ3) is 4.59. The van der Waals surface area contributed by atoms with Crippen molar-refractivity contribution in [3.05, 3.63) is 41.5 Å². The summed E-state index contributed by atoms with van der Waals surface area (Å²) in [6, 6.07) is 8.24. The molecule has 0 atom stereocenters. The maximum Gasteiger partial charge on any atom is 0.245 e. The van der Waals surface area contributed by atoms with E-state index in [4.69, 9.17) is 4.52 Å². The van der Waals surface area contributed by atoms with Crippen molar-refractivity contribution in [2.75, 3.05) is 11.1 Å². The van der Waals surface area contributed by atoms with Crippen LogP contribution in [0.1, 0.15) is 30.6 Å². The van der Waals surface area contributed by atoms with Gasteiger partial charge in [-0.2, -0.15) is 16.7 Å². The zero-order chi connectivity index (χ0) is 13.5. The molecule has 1 aromatic carbocycles. The number of nitrogens with zero attached hydrogens (tertiary/aromatic N) is 2. The number of anilines is 1. The highest BCUT2D eigenvalue weighted by Crippen LogP contribution is 2.12.